The number of ether oxygens (including phenoxy) is 2. The third kappa shape index (κ3) is 3.51. The Kier molecular flexibility index (Phi) is 4.78. The highest BCUT2D eigenvalue weighted by molar-refractivity contribution is 6.01. The fraction of sp³-hybridized carbons (Fsp3) is 0.238. The molecule has 0 aliphatic heterocycles. The second-order valence-corrected chi connectivity index (χ2v) is 6.19. The van der Waals surface area contributed by atoms with Crippen LogP contribution in [0.5, 0.6) is 11.5 Å². The second kappa shape index (κ2) is 7.53. The van der Waals surface area contributed by atoms with E-state index >= 15 is 0 Å². The SMILES string of the molecule is CCCOc1ccc(OCCn2cnc3c(oc4ccccc43)c2=O)cc1. The zero-order chi connectivity index (χ0) is 18.6. The van der Waals surface area contributed by atoms with E-state index in [2.05, 4.69) is 11.9 Å². The Bertz CT molecular complexity index is 1110. The minimum Gasteiger partial charge on any atom is -0.494 e. The zero-order valence-corrected chi connectivity index (χ0v) is 15.1. The van der Waals surface area contributed by atoms with Gasteiger partial charge in [0, 0.05) is 5.39 Å². The van der Waals surface area contributed by atoms with Crippen molar-refractivity contribution in [3.63, 3.8) is 0 Å². The number of para-hydroxylation sites is 1. The maximum absolute atomic E-state index is 12.6. The van der Waals surface area contributed by atoms with E-state index in [1.165, 1.54) is 10.9 Å². The molecule has 0 saturated carbocycles. The Morgan fingerprint density at radius 2 is 1.70 bits per heavy atom. The van der Waals surface area contributed by atoms with Crippen molar-refractivity contribution in [1.82, 2.24) is 9.55 Å². The van der Waals surface area contributed by atoms with Crippen molar-refractivity contribution in [1.29, 1.82) is 0 Å². The van der Waals surface area contributed by atoms with Crippen LogP contribution in [0.25, 0.3) is 22.1 Å². The van der Waals surface area contributed by atoms with Gasteiger partial charge in [-0.05, 0) is 42.8 Å². The van der Waals surface area contributed by atoms with E-state index in [4.69, 9.17) is 13.9 Å². The summed E-state index contributed by atoms with van der Waals surface area (Å²) in [6.45, 7) is 3.49. The Balaban J connectivity index is 1.45. The fourth-order valence-electron chi connectivity index (χ4n) is 2.89. The summed E-state index contributed by atoms with van der Waals surface area (Å²) in [5, 5.41) is 0.846. The van der Waals surface area contributed by atoms with Gasteiger partial charge >= 0.3 is 0 Å². The Labute approximate surface area is 156 Å². The molecule has 6 heteroatoms. The van der Waals surface area contributed by atoms with Gasteiger partial charge in [0.15, 0.2) is 0 Å². The number of hydrogen-bond acceptors (Lipinski definition) is 5. The molecule has 2 aromatic heterocycles. The van der Waals surface area contributed by atoms with Crippen molar-refractivity contribution < 1.29 is 13.9 Å². The molecule has 0 aliphatic carbocycles. The molecule has 0 N–H and O–H groups in total. The highest BCUT2D eigenvalue weighted by Crippen LogP contribution is 2.24. The van der Waals surface area contributed by atoms with Crippen molar-refractivity contribution in [2.45, 2.75) is 19.9 Å². The summed E-state index contributed by atoms with van der Waals surface area (Å²) in [7, 11) is 0. The van der Waals surface area contributed by atoms with Gasteiger partial charge in [-0.15, -0.1) is 0 Å². The molecule has 4 rings (SSSR count). The first-order valence-electron chi connectivity index (χ1n) is 8.98. The summed E-state index contributed by atoms with van der Waals surface area (Å²) in [4.78, 5) is 17.0. The smallest absolute Gasteiger partial charge is 0.297 e. The molecule has 0 spiro atoms. The predicted molar refractivity (Wildman–Crippen MR) is 103 cm³/mol. The normalized spacial score (nSPS) is 11.1. The van der Waals surface area contributed by atoms with Crippen LogP contribution >= 0.6 is 0 Å². The Morgan fingerprint density at radius 3 is 2.44 bits per heavy atom. The number of benzene rings is 2. The molecule has 27 heavy (non-hydrogen) atoms. The fourth-order valence-corrected chi connectivity index (χ4v) is 2.89. The maximum Gasteiger partial charge on any atom is 0.297 e. The molecule has 0 unspecified atom stereocenters. The van der Waals surface area contributed by atoms with Gasteiger partial charge in [0.05, 0.1) is 19.5 Å². The van der Waals surface area contributed by atoms with Gasteiger partial charge in [-0.3, -0.25) is 9.36 Å². The first-order chi connectivity index (χ1) is 13.3. The lowest BCUT2D eigenvalue weighted by Gasteiger charge is -2.09. The van der Waals surface area contributed by atoms with Crippen molar-refractivity contribution in [3.05, 3.63) is 65.2 Å². The average molecular weight is 364 g/mol. The van der Waals surface area contributed by atoms with Gasteiger partial charge in [-0.1, -0.05) is 19.1 Å². The van der Waals surface area contributed by atoms with E-state index < -0.39 is 0 Å². The van der Waals surface area contributed by atoms with Crippen LogP contribution in [0.3, 0.4) is 0 Å². The van der Waals surface area contributed by atoms with Crippen LogP contribution in [-0.2, 0) is 6.54 Å². The lowest BCUT2D eigenvalue weighted by molar-refractivity contribution is 0.293. The lowest BCUT2D eigenvalue weighted by Crippen LogP contribution is -2.23. The van der Waals surface area contributed by atoms with Crippen LogP contribution < -0.4 is 15.0 Å². The molecular weight excluding hydrogens is 344 g/mol. The number of aromatic nitrogens is 2. The van der Waals surface area contributed by atoms with Gasteiger partial charge in [0.1, 0.15) is 29.2 Å². The predicted octanol–water partition coefficient (Wildman–Crippen LogP) is 4.01. The molecule has 0 atom stereocenters. The van der Waals surface area contributed by atoms with E-state index in [0.29, 0.717) is 30.9 Å². The third-order valence-electron chi connectivity index (χ3n) is 4.25. The summed E-state index contributed by atoms with van der Waals surface area (Å²) in [5.74, 6) is 1.55. The Morgan fingerprint density at radius 1 is 1.00 bits per heavy atom. The number of nitrogens with zero attached hydrogens (tertiary/aromatic N) is 2. The molecule has 0 aliphatic rings. The van der Waals surface area contributed by atoms with Crippen molar-refractivity contribution >= 4 is 22.1 Å². The van der Waals surface area contributed by atoms with Crippen molar-refractivity contribution in [3.8, 4) is 11.5 Å². The van der Waals surface area contributed by atoms with Crippen molar-refractivity contribution in [2.75, 3.05) is 13.2 Å². The maximum atomic E-state index is 12.6. The molecule has 4 aromatic rings. The summed E-state index contributed by atoms with van der Waals surface area (Å²) >= 11 is 0. The lowest BCUT2D eigenvalue weighted by atomic mass is 10.2. The van der Waals surface area contributed by atoms with Crippen LogP contribution in [0.2, 0.25) is 0 Å². The van der Waals surface area contributed by atoms with Gasteiger partial charge in [0.2, 0.25) is 5.58 Å². The van der Waals surface area contributed by atoms with Crippen LogP contribution in [0.1, 0.15) is 13.3 Å². The van der Waals surface area contributed by atoms with Crippen molar-refractivity contribution in [2.24, 2.45) is 0 Å². The first kappa shape index (κ1) is 17.1. The summed E-state index contributed by atoms with van der Waals surface area (Å²) in [6, 6.07) is 15.0. The van der Waals surface area contributed by atoms with Gasteiger partial charge in [-0.2, -0.15) is 0 Å². The number of furan rings is 1. The summed E-state index contributed by atoms with van der Waals surface area (Å²) in [6.07, 6.45) is 2.51. The quantitative estimate of drug-likeness (QED) is 0.496. The minimum atomic E-state index is -0.205. The molecule has 0 fully saturated rings. The highest BCUT2D eigenvalue weighted by Gasteiger charge is 2.12. The molecule has 0 radical (unpaired) electrons. The Hall–Kier alpha value is -3.28. The highest BCUT2D eigenvalue weighted by atomic mass is 16.5. The number of rotatable bonds is 7. The summed E-state index contributed by atoms with van der Waals surface area (Å²) in [5.41, 5.74) is 1.33. The van der Waals surface area contributed by atoms with Crippen LogP contribution in [-0.4, -0.2) is 22.8 Å². The van der Waals surface area contributed by atoms with Gasteiger partial charge < -0.3 is 13.9 Å². The molecule has 138 valence electrons. The van der Waals surface area contributed by atoms with E-state index in [9.17, 15) is 4.79 Å². The van der Waals surface area contributed by atoms with Crippen LogP contribution in [0.15, 0.2) is 64.1 Å². The van der Waals surface area contributed by atoms with E-state index in [1.807, 2.05) is 48.5 Å². The standard InChI is InChI=1S/C21H20N2O4/c1-2-12-25-15-7-9-16(10-8-15)26-13-11-23-14-22-19-17-5-3-4-6-18(17)27-20(19)21(23)24/h3-10,14H,2,11-13H2,1H3. The monoisotopic (exact) mass is 364 g/mol. The second-order valence-electron chi connectivity index (χ2n) is 6.19. The molecule has 0 amide bonds. The summed E-state index contributed by atoms with van der Waals surface area (Å²) < 4.78 is 18.5. The molecular formula is C21H20N2O4. The van der Waals surface area contributed by atoms with Crippen LogP contribution in [0.4, 0.5) is 0 Å². The van der Waals surface area contributed by atoms with E-state index in [-0.39, 0.29) is 11.1 Å². The van der Waals surface area contributed by atoms with Gasteiger partial charge in [-0.25, -0.2) is 4.98 Å². The molecule has 0 bridgehead atoms. The molecule has 6 nitrogen and oxygen atoms in total. The largest absolute Gasteiger partial charge is 0.494 e. The van der Waals surface area contributed by atoms with E-state index in [1.54, 1.807) is 0 Å². The molecule has 0 saturated heterocycles. The number of hydrogen-bond donors (Lipinski definition) is 0. The number of fused-ring (bicyclic) bond motifs is 3. The average Bonchev–Trinajstić information content (AvgIpc) is 3.09. The molecule has 2 aromatic carbocycles. The first-order valence-corrected chi connectivity index (χ1v) is 8.98. The van der Waals surface area contributed by atoms with E-state index in [0.717, 1.165) is 23.3 Å². The minimum absolute atomic E-state index is 0.205. The third-order valence-corrected chi connectivity index (χ3v) is 4.25. The van der Waals surface area contributed by atoms with Gasteiger partial charge in [0.25, 0.3) is 5.56 Å². The molecule has 2 heterocycles. The zero-order valence-electron chi connectivity index (χ0n) is 15.1. The van der Waals surface area contributed by atoms with Crippen LogP contribution in [0, 0.1) is 0 Å². The topological polar surface area (TPSA) is 66.5 Å².